The van der Waals surface area contributed by atoms with E-state index in [1.54, 1.807) is 0 Å². The number of rotatable bonds is 4. The highest BCUT2D eigenvalue weighted by atomic mass is 16.4. The van der Waals surface area contributed by atoms with E-state index in [0.29, 0.717) is 0 Å². The quantitative estimate of drug-likeness (QED) is 0.431. The van der Waals surface area contributed by atoms with Crippen molar-refractivity contribution < 1.29 is 20.1 Å². The first kappa shape index (κ1) is 11.9. The Morgan fingerprint density at radius 2 is 2.00 bits per heavy atom. The van der Waals surface area contributed by atoms with Crippen LogP contribution in [0.2, 0.25) is 0 Å². The van der Waals surface area contributed by atoms with Gasteiger partial charge in [-0.2, -0.15) is 4.91 Å². The lowest BCUT2D eigenvalue weighted by atomic mass is 9.99. The second-order valence-corrected chi connectivity index (χ2v) is 3.13. The Kier molecular flexibility index (Phi) is 3.41. The van der Waals surface area contributed by atoms with Crippen LogP contribution in [0.5, 0.6) is 11.5 Å². The number of hydrogen-bond acceptors (Lipinski definition) is 6. The molecule has 0 radical (unpaired) electrons. The Hall–Kier alpha value is -2.15. The standard InChI is InChI=1S/C9H10N2O5/c10-6(9(14)15)7(11-16)4-2-1-3-5(12)8(4)13/h1-3,6-7,12-13H,10H2,(H,14,15). The Bertz CT molecular complexity index is 420. The van der Waals surface area contributed by atoms with Gasteiger partial charge in [-0.3, -0.25) is 4.79 Å². The summed E-state index contributed by atoms with van der Waals surface area (Å²) in [6.07, 6.45) is 0. The van der Waals surface area contributed by atoms with Crippen molar-refractivity contribution in [2.24, 2.45) is 10.9 Å². The summed E-state index contributed by atoms with van der Waals surface area (Å²) >= 11 is 0. The molecule has 16 heavy (non-hydrogen) atoms. The van der Waals surface area contributed by atoms with Gasteiger partial charge in [-0.15, -0.1) is 0 Å². The Labute approximate surface area is 90.1 Å². The monoisotopic (exact) mass is 226 g/mol. The number of carbonyl (C=O) groups is 1. The van der Waals surface area contributed by atoms with Crippen LogP contribution in [0.15, 0.2) is 23.4 Å². The maximum Gasteiger partial charge on any atom is 0.323 e. The summed E-state index contributed by atoms with van der Waals surface area (Å²) in [5.74, 6) is -2.49. The van der Waals surface area contributed by atoms with E-state index in [1.807, 2.05) is 0 Å². The molecule has 0 spiro atoms. The SMILES string of the molecule is NC(C(=O)O)C(N=O)c1cccc(O)c1O. The number of nitrogens with two attached hydrogens (primary N) is 1. The van der Waals surface area contributed by atoms with Crippen LogP contribution in [-0.2, 0) is 4.79 Å². The summed E-state index contributed by atoms with van der Waals surface area (Å²) in [5, 5.41) is 29.8. The molecule has 0 aliphatic rings. The second-order valence-electron chi connectivity index (χ2n) is 3.13. The summed E-state index contributed by atoms with van der Waals surface area (Å²) in [6, 6.07) is 0.767. The lowest BCUT2D eigenvalue weighted by Gasteiger charge is -2.15. The van der Waals surface area contributed by atoms with Gasteiger partial charge in [0.15, 0.2) is 11.5 Å². The average molecular weight is 226 g/mol. The summed E-state index contributed by atoms with van der Waals surface area (Å²) in [7, 11) is 0. The highest BCUT2D eigenvalue weighted by Gasteiger charge is 2.29. The third-order valence-corrected chi connectivity index (χ3v) is 2.10. The first-order chi connectivity index (χ1) is 7.49. The molecule has 2 unspecified atom stereocenters. The topological polar surface area (TPSA) is 133 Å². The van der Waals surface area contributed by atoms with E-state index in [2.05, 4.69) is 5.18 Å². The van der Waals surface area contributed by atoms with E-state index in [9.17, 15) is 19.9 Å². The van der Waals surface area contributed by atoms with Crippen molar-refractivity contribution in [2.45, 2.75) is 12.1 Å². The van der Waals surface area contributed by atoms with Crippen molar-refractivity contribution in [1.82, 2.24) is 0 Å². The highest BCUT2D eigenvalue weighted by Crippen LogP contribution is 2.35. The molecule has 0 aromatic heterocycles. The fraction of sp³-hybridized carbons (Fsp3) is 0.222. The number of aromatic hydroxyl groups is 2. The zero-order valence-corrected chi connectivity index (χ0v) is 8.07. The van der Waals surface area contributed by atoms with E-state index in [0.717, 1.165) is 0 Å². The van der Waals surface area contributed by atoms with E-state index in [4.69, 9.17) is 10.8 Å². The Morgan fingerprint density at radius 3 is 2.50 bits per heavy atom. The molecule has 5 N–H and O–H groups in total. The molecule has 1 rings (SSSR count). The number of phenolic OH excluding ortho intramolecular Hbond substituents is 2. The molecule has 0 aliphatic heterocycles. The molecule has 7 nitrogen and oxygen atoms in total. The lowest BCUT2D eigenvalue weighted by Crippen LogP contribution is -2.35. The van der Waals surface area contributed by atoms with Crippen molar-refractivity contribution >= 4 is 5.97 Å². The zero-order valence-electron chi connectivity index (χ0n) is 8.07. The summed E-state index contributed by atoms with van der Waals surface area (Å²) in [5.41, 5.74) is 5.12. The minimum atomic E-state index is -1.58. The van der Waals surface area contributed by atoms with E-state index >= 15 is 0 Å². The van der Waals surface area contributed by atoms with Crippen LogP contribution in [0.4, 0.5) is 0 Å². The van der Waals surface area contributed by atoms with E-state index in [1.165, 1.54) is 18.2 Å². The molecule has 0 saturated carbocycles. The van der Waals surface area contributed by atoms with Gasteiger partial charge in [-0.25, -0.2) is 0 Å². The predicted molar refractivity (Wildman–Crippen MR) is 53.9 cm³/mol. The maximum absolute atomic E-state index is 10.6. The van der Waals surface area contributed by atoms with Gasteiger partial charge in [0.25, 0.3) is 0 Å². The number of carboxylic acid groups (broad SMARTS) is 1. The fourth-order valence-corrected chi connectivity index (χ4v) is 1.24. The zero-order chi connectivity index (χ0) is 12.3. The summed E-state index contributed by atoms with van der Waals surface area (Å²) < 4.78 is 0. The molecule has 7 heteroatoms. The largest absolute Gasteiger partial charge is 0.504 e. The molecule has 1 aromatic rings. The third kappa shape index (κ3) is 2.09. The molecule has 0 saturated heterocycles. The Balaban J connectivity index is 3.18. The van der Waals surface area contributed by atoms with Crippen molar-refractivity contribution in [3.8, 4) is 11.5 Å². The van der Waals surface area contributed by atoms with Crippen LogP contribution in [-0.4, -0.2) is 27.3 Å². The van der Waals surface area contributed by atoms with Crippen molar-refractivity contribution in [2.75, 3.05) is 0 Å². The molecule has 0 heterocycles. The van der Waals surface area contributed by atoms with Crippen molar-refractivity contribution in [3.05, 3.63) is 28.7 Å². The summed E-state index contributed by atoms with van der Waals surface area (Å²) in [6.45, 7) is 0. The first-order valence-corrected chi connectivity index (χ1v) is 4.30. The second kappa shape index (κ2) is 4.58. The number of hydrogen-bond donors (Lipinski definition) is 4. The van der Waals surface area contributed by atoms with Crippen molar-refractivity contribution in [1.29, 1.82) is 0 Å². The van der Waals surface area contributed by atoms with E-state index < -0.39 is 29.6 Å². The van der Waals surface area contributed by atoms with Crippen LogP contribution in [0.25, 0.3) is 0 Å². The Morgan fingerprint density at radius 1 is 1.38 bits per heavy atom. The third-order valence-electron chi connectivity index (χ3n) is 2.10. The summed E-state index contributed by atoms with van der Waals surface area (Å²) in [4.78, 5) is 21.1. The smallest absolute Gasteiger partial charge is 0.323 e. The highest BCUT2D eigenvalue weighted by molar-refractivity contribution is 5.75. The molecule has 86 valence electrons. The molecular formula is C9H10N2O5. The number of benzene rings is 1. The van der Waals surface area contributed by atoms with Gasteiger partial charge in [0, 0.05) is 5.56 Å². The normalized spacial score (nSPS) is 14.1. The molecule has 0 amide bonds. The number of para-hydroxylation sites is 1. The predicted octanol–water partition coefficient (Wildman–Crippen LogP) is 0.317. The van der Waals surface area contributed by atoms with Gasteiger partial charge in [-0.05, 0) is 6.07 Å². The number of nitrogens with zero attached hydrogens (tertiary/aromatic N) is 1. The number of carboxylic acids is 1. The van der Waals surface area contributed by atoms with E-state index in [-0.39, 0.29) is 5.56 Å². The van der Waals surface area contributed by atoms with Gasteiger partial charge >= 0.3 is 5.97 Å². The average Bonchev–Trinajstić information content (AvgIpc) is 2.24. The fourth-order valence-electron chi connectivity index (χ4n) is 1.24. The van der Waals surface area contributed by atoms with Crippen LogP contribution < -0.4 is 5.73 Å². The molecule has 2 atom stereocenters. The molecule has 1 aromatic carbocycles. The first-order valence-electron chi connectivity index (χ1n) is 4.30. The van der Waals surface area contributed by atoms with Crippen LogP contribution in [0, 0.1) is 4.91 Å². The van der Waals surface area contributed by atoms with Gasteiger partial charge in [0.2, 0.25) is 0 Å². The molecule has 0 bridgehead atoms. The maximum atomic E-state index is 10.6. The van der Waals surface area contributed by atoms with Crippen molar-refractivity contribution in [3.63, 3.8) is 0 Å². The molecule has 0 aliphatic carbocycles. The van der Waals surface area contributed by atoms with Gasteiger partial charge in [0.1, 0.15) is 12.1 Å². The number of phenols is 2. The van der Waals surface area contributed by atoms with Gasteiger partial charge in [0.05, 0.1) is 0 Å². The molecular weight excluding hydrogens is 216 g/mol. The van der Waals surface area contributed by atoms with Crippen LogP contribution in [0.3, 0.4) is 0 Å². The lowest BCUT2D eigenvalue weighted by molar-refractivity contribution is -0.139. The van der Waals surface area contributed by atoms with Crippen LogP contribution in [0.1, 0.15) is 11.6 Å². The minimum absolute atomic E-state index is 0.120. The van der Waals surface area contributed by atoms with Gasteiger partial charge < -0.3 is 21.1 Å². The number of aliphatic carboxylic acids is 1. The van der Waals surface area contributed by atoms with Crippen LogP contribution >= 0.6 is 0 Å². The number of nitroso groups, excluding NO2 is 1. The van der Waals surface area contributed by atoms with Gasteiger partial charge in [-0.1, -0.05) is 17.3 Å². The minimum Gasteiger partial charge on any atom is -0.504 e. The molecule has 0 fully saturated rings.